The fraction of sp³-hybridized carbons (Fsp3) is 0.300. The maximum atomic E-state index is 13.4. The molecule has 15 heavy (non-hydrogen) atoms. The minimum atomic E-state index is -0.223. The normalized spacial score (nSPS) is 10.7. The van der Waals surface area contributed by atoms with E-state index < -0.39 is 0 Å². The molecule has 0 aromatic heterocycles. The lowest BCUT2D eigenvalue weighted by Crippen LogP contribution is -2.29. The van der Waals surface area contributed by atoms with Crippen molar-refractivity contribution in [3.05, 3.63) is 34.1 Å². The Bertz CT molecular complexity index is 370. The Morgan fingerprint density at radius 3 is 2.80 bits per heavy atom. The van der Waals surface area contributed by atoms with Crippen LogP contribution in [0.25, 0.3) is 0 Å². The SMILES string of the molecule is CN(CC(N)=S)Cc1ccc(Br)cc1F. The van der Waals surface area contributed by atoms with Crippen LogP contribution >= 0.6 is 28.1 Å². The molecule has 0 unspecified atom stereocenters. The molecular weight excluding hydrogens is 279 g/mol. The number of nitrogens with two attached hydrogens (primary N) is 1. The van der Waals surface area contributed by atoms with E-state index in [1.165, 1.54) is 6.07 Å². The first kappa shape index (κ1) is 12.5. The van der Waals surface area contributed by atoms with Crippen LogP contribution in [0.15, 0.2) is 22.7 Å². The van der Waals surface area contributed by atoms with E-state index in [-0.39, 0.29) is 5.82 Å². The summed E-state index contributed by atoms with van der Waals surface area (Å²) in [7, 11) is 1.85. The van der Waals surface area contributed by atoms with Gasteiger partial charge in [0, 0.05) is 23.1 Å². The average molecular weight is 291 g/mol. The number of rotatable bonds is 4. The van der Waals surface area contributed by atoms with E-state index in [2.05, 4.69) is 15.9 Å². The maximum Gasteiger partial charge on any atom is 0.128 e. The van der Waals surface area contributed by atoms with Crippen LogP contribution in [0.3, 0.4) is 0 Å². The van der Waals surface area contributed by atoms with E-state index >= 15 is 0 Å². The van der Waals surface area contributed by atoms with E-state index in [1.807, 2.05) is 18.0 Å². The van der Waals surface area contributed by atoms with Crippen molar-refractivity contribution in [1.29, 1.82) is 0 Å². The molecule has 5 heteroatoms. The second-order valence-corrected chi connectivity index (χ2v) is 4.81. The molecule has 2 nitrogen and oxygen atoms in total. The largest absolute Gasteiger partial charge is 0.392 e. The topological polar surface area (TPSA) is 29.3 Å². The summed E-state index contributed by atoms with van der Waals surface area (Å²) in [5, 5.41) is 0. The second-order valence-electron chi connectivity index (χ2n) is 3.37. The highest BCUT2D eigenvalue weighted by Gasteiger charge is 2.06. The number of thiocarbonyl (C=S) groups is 1. The van der Waals surface area contributed by atoms with Crippen molar-refractivity contribution in [3.63, 3.8) is 0 Å². The summed E-state index contributed by atoms with van der Waals surface area (Å²) in [6, 6.07) is 5.01. The number of hydrogen-bond acceptors (Lipinski definition) is 2. The van der Waals surface area contributed by atoms with Crippen LogP contribution < -0.4 is 5.73 Å². The van der Waals surface area contributed by atoms with E-state index in [0.29, 0.717) is 23.6 Å². The number of likely N-dealkylation sites (N-methyl/N-ethyl adjacent to an activating group) is 1. The maximum absolute atomic E-state index is 13.4. The van der Waals surface area contributed by atoms with Crippen LogP contribution in [-0.2, 0) is 6.54 Å². The summed E-state index contributed by atoms with van der Waals surface area (Å²) >= 11 is 7.98. The Labute approximate surface area is 102 Å². The van der Waals surface area contributed by atoms with Gasteiger partial charge >= 0.3 is 0 Å². The minimum absolute atomic E-state index is 0.223. The predicted molar refractivity (Wildman–Crippen MR) is 67.2 cm³/mol. The predicted octanol–water partition coefficient (Wildman–Crippen LogP) is 2.31. The van der Waals surface area contributed by atoms with Crippen LogP contribution in [-0.4, -0.2) is 23.5 Å². The summed E-state index contributed by atoms with van der Waals surface area (Å²) in [5.41, 5.74) is 6.03. The lowest BCUT2D eigenvalue weighted by molar-refractivity contribution is 0.366. The van der Waals surface area contributed by atoms with Gasteiger partial charge in [-0.3, -0.25) is 4.90 Å². The summed E-state index contributed by atoms with van der Waals surface area (Å²) in [4.78, 5) is 2.28. The van der Waals surface area contributed by atoms with Gasteiger partial charge in [0.1, 0.15) is 5.82 Å². The van der Waals surface area contributed by atoms with Gasteiger partial charge in [-0.25, -0.2) is 4.39 Å². The number of benzene rings is 1. The van der Waals surface area contributed by atoms with Gasteiger partial charge in [-0.1, -0.05) is 34.2 Å². The standard InChI is InChI=1S/C10H12BrFN2S/c1-14(6-10(13)15)5-7-2-3-8(11)4-9(7)12/h2-4H,5-6H2,1H3,(H2,13,15). The van der Waals surface area contributed by atoms with Crippen molar-refractivity contribution in [2.24, 2.45) is 5.73 Å². The van der Waals surface area contributed by atoms with Gasteiger partial charge in [0.15, 0.2) is 0 Å². The van der Waals surface area contributed by atoms with Gasteiger partial charge in [0.05, 0.1) is 4.99 Å². The second kappa shape index (κ2) is 5.53. The Kier molecular flexibility index (Phi) is 4.63. The molecule has 0 saturated heterocycles. The van der Waals surface area contributed by atoms with Gasteiger partial charge in [0.2, 0.25) is 0 Å². The van der Waals surface area contributed by atoms with Crippen LogP contribution in [0.5, 0.6) is 0 Å². The third-order valence-electron chi connectivity index (χ3n) is 1.88. The lowest BCUT2D eigenvalue weighted by Gasteiger charge is -2.16. The number of hydrogen-bond donors (Lipinski definition) is 1. The zero-order chi connectivity index (χ0) is 11.4. The molecule has 82 valence electrons. The molecule has 0 aliphatic heterocycles. The molecule has 0 spiro atoms. The quantitative estimate of drug-likeness (QED) is 0.863. The molecule has 0 heterocycles. The third kappa shape index (κ3) is 4.24. The van der Waals surface area contributed by atoms with Crippen molar-refractivity contribution in [2.45, 2.75) is 6.54 Å². The van der Waals surface area contributed by atoms with Crippen LogP contribution in [0, 0.1) is 5.82 Å². The summed E-state index contributed by atoms with van der Waals surface area (Å²) in [5.74, 6) is -0.223. The van der Waals surface area contributed by atoms with E-state index in [4.69, 9.17) is 18.0 Å². The smallest absolute Gasteiger partial charge is 0.128 e. The first-order valence-corrected chi connectivity index (χ1v) is 5.60. The van der Waals surface area contributed by atoms with Crippen LogP contribution in [0.2, 0.25) is 0 Å². The van der Waals surface area contributed by atoms with Gasteiger partial charge in [-0.2, -0.15) is 0 Å². The molecule has 1 aromatic carbocycles. The summed E-state index contributed by atoms with van der Waals surface area (Å²) < 4.78 is 14.2. The molecular formula is C10H12BrFN2S. The fourth-order valence-electron chi connectivity index (χ4n) is 1.26. The summed E-state index contributed by atoms with van der Waals surface area (Å²) in [6.07, 6.45) is 0. The van der Waals surface area contributed by atoms with Gasteiger partial charge < -0.3 is 5.73 Å². The third-order valence-corrected chi connectivity index (χ3v) is 2.50. The highest BCUT2D eigenvalue weighted by atomic mass is 79.9. The average Bonchev–Trinajstić information content (AvgIpc) is 2.08. The molecule has 0 aliphatic carbocycles. The molecule has 1 rings (SSSR count). The molecule has 0 atom stereocenters. The molecule has 0 radical (unpaired) electrons. The molecule has 2 N–H and O–H groups in total. The molecule has 0 saturated carbocycles. The lowest BCUT2D eigenvalue weighted by atomic mass is 10.2. The van der Waals surface area contributed by atoms with Crippen LogP contribution in [0.4, 0.5) is 4.39 Å². The molecule has 0 fully saturated rings. The van der Waals surface area contributed by atoms with E-state index in [1.54, 1.807) is 6.07 Å². The molecule has 0 bridgehead atoms. The van der Waals surface area contributed by atoms with Gasteiger partial charge in [-0.15, -0.1) is 0 Å². The highest BCUT2D eigenvalue weighted by Crippen LogP contribution is 2.16. The number of halogens is 2. The van der Waals surface area contributed by atoms with E-state index in [9.17, 15) is 4.39 Å². The Balaban J connectivity index is 2.68. The van der Waals surface area contributed by atoms with E-state index in [0.717, 1.165) is 4.47 Å². The van der Waals surface area contributed by atoms with Crippen molar-refractivity contribution in [2.75, 3.05) is 13.6 Å². The molecule has 0 aliphatic rings. The number of nitrogens with zero attached hydrogens (tertiary/aromatic N) is 1. The fourth-order valence-corrected chi connectivity index (χ4v) is 1.82. The molecule has 1 aromatic rings. The highest BCUT2D eigenvalue weighted by molar-refractivity contribution is 9.10. The zero-order valence-corrected chi connectivity index (χ0v) is 10.7. The van der Waals surface area contributed by atoms with Crippen molar-refractivity contribution >= 4 is 33.1 Å². The Morgan fingerprint density at radius 1 is 1.60 bits per heavy atom. The Hall–Kier alpha value is -0.520. The monoisotopic (exact) mass is 290 g/mol. The Morgan fingerprint density at radius 2 is 2.27 bits per heavy atom. The van der Waals surface area contributed by atoms with Crippen LogP contribution in [0.1, 0.15) is 5.56 Å². The van der Waals surface area contributed by atoms with Crippen molar-refractivity contribution in [3.8, 4) is 0 Å². The van der Waals surface area contributed by atoms with Crippen molar-refractivity contribution < 1.29 is 4.39 Å². The first-order chi connectivity index (χ1) is 6.99. The first-order valence-electron chi connectivity index (χ1n) is 4.40. The zero-order valence-electron chi connectivity index (χ0n) is 8.34. The minimum Gasteiger partial charge on any atom is -0.392 e. The summed E-state index contributed by atoms with van der Waals surface area (Å²) in [6.45, 7) is 0.987. The van der Waals surface area contributed by atoms with Gasteiger partial charge in [0.25, 0.3) is 0 Å². The van der Waals surface area contributed by atoms with Crippen molar-refractivity contribution in [1.82, 2.24) is 4.90 Å². The van der Waals surface area contributed by atoms with Gasteiger partial charge in [-0.05, 0) is 19.2 Å². The molecule has 0 amide bonds.